The molecule has 0 spiro atoms. The molecule has 1 fully saturated rings. The lowest BCUT2D eigenvalue weighted by Crippen LogP contribution is -2.09. The number of thioether (sulfide) groups is 1. The maximum Gasteiger partial charge on any atom is 0.127 e. The zero-order valence-corrected chi connectivity index (χ0v) is 12.6. The number of nitrogens with two attached hydrogens (primary N) is 1. The molecule has 1 aromatic rings. The van der Waals surface area contributed by atoms with Crippen molar-refractivity contribution in [3.8, 4) is 0 Å². The first kappa shape index (κ1) is 13.8. The summed E-state index contributed by atoms with van der Waals surface area (Å²) in [6.45, 7) is 7.65. The van der Waals surface area contributed by atoms with Crippen molar-refractivity contribution >= 4 is 17.6 Å². The number of nitrogen functional groups attached to an aromatic ring is 1. The van der Waals surface area contributed by atoms with Crippen LogP contribution >= 0.6 is 11.8 Å². The molecule has 1 aliphatic rings. The van der Waals surface area contributed by atoms with E-state index in [-0.39, 0.29) is 0 Å². The van der Waals surface area contributed by atoms with Gasteiger partial charge in [0.05, 0.1) is 5.69 Å². The van der Waals surface area contributed by atoms with Gasteiger partial charge in [-0.25, -0.2) is 4.98 Å². The second kappa shape index (κ2) is 6.00. The minimum Gasteiger partial charge on any atom is -0.384 e. The average Bonchev–Trinajstić information content (AvgIpc) is 2.94. The van der Waals surface area contributed by atoms with E-state index in [2.05, 4.69) is 25.3 Å². The van der Waals surface area contributed by atoms with Gasteiger partial charge in [-0.2, -0.15) is 11.8 Å². The van der Waals surface area contributed by atoms with Crippen LogP contribution in [0.25, 0.3) is 0 Å². The molecule has 0 amide bonds. The number of nitrogens with zero attached hydrogens (tertiary/aromatic N) is 2. The molecule has 102 valence electrons. The molecule has 2 heterocycles. The van der Waals surface area contributed by atoms with E-state index in [1.165, 1.54) is 42.3 Å². The maximum atomic E-state index is 6.35. The summed E-state index contributed by atoms with van der Waals surface area (Å²) < 4.78 is 2.26. The highest BCUT2D eigenvalue weighted by atomic mass is 32.2. The quantitative estimate of drug-likeness (QED) is 0.886. The molecule has 1 saturated heterocycles. The lowest BCUT2D eigenvalue weighted by molar-refractivity contribution is 0.588. The lowest BCUT2D eigenvalue weighted by Gasteiger charge is -2.11. The van der Waals surface area contributed by atoms with E-state index in [1.807, 2.05) is 11.8 Å². The van der Waals surface area contributed by atoms with Crippen molar-refractivity contribution in [2.24, 2.45) is 0 Å². The highest BCUT2D eigenvalue weighted by Gasteiger charge is 2.26. The average molecular weight is 267 g/mol. The van der Waals surface area contributed by atoms with Crippen LogP contribution in [0.5, 0.6) is 0 Å². The summed E-state index contributed by atoms with van der Waals surface area (Å²) in [7, 11) is 0. The van der Waals surface area contributed by atoms with E-state index in [0.717, 1.165) is 12.4 Å². The van der Waals surface area contributed by atoms with Gasteiger partial charge >= 0.3 is 0 Å². The molecule has 2 rings (SSSR count). The molecule has 4 heteroatoms. The van der Waals surface area contributed by atoms with Crippen LogP contribution in [0.15, 0.2) is 0 Å². The van der Waals surface area contributed by atoms with Gasteiger partial charge in [0, 0.05) is 24.1 Å². The highest BCUT2D eigenvalue weighted by Crippen LogP contribution is 2.36. The third-order valence-corrected chi connectivity index (χ3v) is 4.80. The van der Waals surface area contributed by atoms with Crippen molar-refractivity contribution in [1.82, 2.24) is 9.55 Å². The number of aromatic nitrogens is 2. The Morgan fingerprint density at radius 2 is 2.28 bits per heavy atom. The van der Waals surface area contributed by atoms with Crippen molar-refractivity contribution < 1.29 is 0 Å². The summed E-state index contributed by atoms with van der Waals surface area (Å²) in [4.78, 5) is 4.87. The van der Waals surface area contributed by atoms with Gasteiger partial charge in [-0.15, -0.1) is 0 Å². The Kier molecular flexibility index (Phi) is 4.60. The summed E-state index contributed by atoms with van der Waals surface area (Å²) in [6.07, 6.45) is 3.61. The fraction of sp³-hybridized carbons (Fsp3) is 0.786. The molecule has 3 nitrogen and oxygen atoms in total. The third kappa shape index (κ3) is 2.68. The Bertz CT molecular complexity index is 392. The van der Waals surface area contributed by atoms with E-state index in [4.69, 9.17) is 10.7 Å². The molecule has 1 unspecified atom stereocenters. The molecule has 0 aromatic carbocycles. The Balaban J connectivity index is 2.30. The SMILES string of the molecule is CCCCn1c(C(C)C)nc(C2CCSC2)c1N. The first-order valence-corrected chi connectivity index (χ1v) is 8.24. The van der Waals surface area contributed by atoms with Crippen LogP contribution in [0.2, 0.25) is 0 Å². The van der Waals surface area contributed by atoms with Crippen LogP contribution in [0.1, 0.15) is 63.4 Å². The van der Waals surface area contributed by atoms with Gasteiger partial charge < -0.3 is 10.3 Å². The lowest BCUT2D eigenvalue weighted by atomic mass is 10.1. The summed E-state index contributed by atoms with van der Waals surface area (Å²) in [5.41, 5.74) is 7.52. The van der Waals surface area contributed by atoms with E-state index in [0.29, 0.717) is 11.8 Å². The predicted molar refractivity (Wildman–Crippen MR) is 80.3 cm³/mol. The topological polar surface area (TPSA) is 43.8 Å². The first-order chi connectivity index (χ1) is 8.65. The Morgan fingerprint density at radius 3 is 2.83 bits per heavy atom. The molecule has 0 aliphatic carbocycles. The number of anilines is 1. The van der Waals surface area contributed by atoms with Crippen LogP contribution in [0.3, 0.4) is 0 Å². The fourth-order valence-corrected chi connectivity index (χ4v) is 3.77. The van der Waals surface area contributed by atoms with Crippen molar-refractivity contribution in [3.05, 3.63) is 11.5 Å². The maximum absolute atomic E-state index is 6.35. The summed E-state index contributed by atoms with van der Waals surface area (Å²) in [5.74, 6) is 5.57. The van der Waals surface area contributed by atoms with Crippen molar-refractivity contribution in [2.75, 3.05) is 17.2 Å². The van der Waals surface area contributed by atoms with Crippen LogP contribution < -0.4 is 5.73 Å². The van der Waals surface area contributed by atoms with Gasteiger partial charge in [-0.1, -0.05) is 27.2 Å². The summed E-state index contributed by atoms with van der Waals surface area (Å²) in [6, 6.07) is 0. The van der Waals surface area contributed by atoms with Crippen molar-refractivity contribution in [1.29, 1.82) is 0 Å². The Morgan fingerprint density at radius 1 is 1.50 bits per heavy atom. The molecule has 0 radical (unpaired) electrons. The van der Waals surface area contributed by atoms with Gasteiger partial charge in [-0.3, -0.25) is 0 Å². The predicted octanol–water partition coefficient (Wildman–Crippen LogP) is 3.61. The van der Waals surface area contributed by atoms with Crippen LogP contribution in [0.4, 0.5) is 5.82 Å². The zero-order chi connectivity index (χ0) is 13.1. The molecular formula is C14H25N3S. The highest BCUT2D eigenvalue weighted by molar-refractivity contribution is 7.99. The summed E-state index contributed by atoms with van der Waals surface area (Å²) >= 11 is 2.02. The number of imidazole rings is 1. The van der Waals surface area contributed by atoms with Gasteiger partial charge in [0.1, 0.15) is 11.6 Å². The molecule has 18 heavy (non-hydrogen) atoms. The fourth-order valence-electron chi connectivity index (χ4n) is 2.55. The second-order valence-electron chi connectivity index (χ2n) is 5.46. The molecule has 1 atom stereocenters. The number of rotatable bonds is 5. The number of hydrogen-bond acceptors (Lipinski definition) is 3. The Hall–Kier alpha value is -0.640. The van der Waals surface area contributed by atoms with Gasteiger partial charge in [0.15, 0.2) is 0 Å². The number of unbranched alkanes of at least 4 members (excludes halogenated alkanes) is 1. The smallest absolute Gasteiger partial charge is 0.127 e. The molecule has 0 bridgehead atoms. The Labute approximate surface area is 115 Å². The van der Waals surface area contributed by atoms with Crippen LogP contribution in [0, 0.1) is 0 Å². The van der Waals surface area contributed by atoms with Crippen molar-refractivity contribution in [3.63, 3.8) is 0 Å². The molecule has 1 aromatic heterocycles. The van der Waals surface area contributed by atoms with Crippen LogP contribution in [-0.4, -0.2) is 21.1 Å². The largest absolute Gasteiger partial charge is 0.384 e. The standard InChI is InChI=1S/C14H25N3S/c1-4-5-7-17-13(15)12(11-6-8-18-9-11)16-14(17)10(2)3/h10-11H,4-9,15H2,1-3H3. The zero-order valence-electron chi connectivity index (χ0n) is 11.8. The number of hydrogen-bond donors (Lipinski definition) is 1. The van der Waals surface area contributed by atoms with Crippen molar-refractivity contribution in [2.45, 2.75) is 58.4 Å². The molecule has 0 saturated carbocycles. The van der Waals surface area contributed by atoms with E-state index >= 15 is 0 Å². The van der Waals surface area contributed by atoms with Gasteiger partial charge in [0.2, 0.25) is 0 Å². The molecular weight excluding hydrogens is 242 g/mol. The van der Waals surface area contributed by atoms with E-state index in [9.17, 15) is 0 Å². The monoisotopic (exact) mass is 267 g/mol. The molecule has 1 aliphatic heterocycles. The first-order valence-electron chi connectivity index (χ1n) is 7.08. The van der Waals surface area contributed by atoms with Crippen LogP contribution in [-0.2, 0) is 6.54 Å². The second-order valence-corrected chi connectivity index (χ2v) is 6.61. The third-order valence-electron chi connectivity index (χ3n) is 3.63. The normalized spacial score (nSPS) is 19.9. The molecule has 2 N–H and O–H groups in total. The van der Waals surface area contributed by atoms with Gasteiger partial charge in [-0.05, 0) is 18.6 Å². The minimum atomic E-state index is 0.451. The van der Waals surface area contributed by atoms with Gasteiger partial charge in [0.25, 0.3) is 0 Å². The van der Waals surface area contributed by atoms with E-state index < -0.39 is 0 Å². The van der Waals surface area contributed by atoms with E-state index in [1.54, 1.807) is 0 Å². The minimum absolute atomic E-state index is 0.451. The summed E-state index contributed by atoms with van der Waals surface area (Å²) in [5, 5.41) is 0.